The predicted octanol–water partition coefficient (Wildman–Crippen LogP) is -0.812. The average Bonchev–Trinajstić information content (AvgIpc) is 2.79. The van der Waals surface area contributed by atoms with Gasteiger partial charge >= 0.3 is 6.09 Å². The normalized spacial score (nSPS) is 37.8. The van der Waals surface area contributed by atoms with E-state index in [1.54, 1.807) is 0 Å². The monoisotopic (exact) mass is 241 g/mol. The first-order chi connectivity index (χ1) is 8.06. The van der Waals surface area contributed by atoms with E-state index in [1.807, 2.05) is 0 Å². The molecule has 7 heteroatoms. The van der Waals surface area contributed by atoms with Crippen LogP contribution in [-0.4, -0.2) is 59.8 Å². The van der Waals surface area contributed by atoms with Gasteiger partial charge in [-0.25, -0.2) is 4.79 Å². The van der Waals surface area contributed by atoms with E-state index in [-0.39, 0.29) is 19.7 Å². The van der Waals surface area contributed by atoms with Crippen molar-refractivity contribution in [2.75, 3.05) is 32.8 Å². The van der Waals surface area contributed by atoms with Crippen LogP contribution < -0.4 is 5.32 Å². The van der Waals surface area contributed by atoms with E-state index in [9.17, 15) is 15.2 Å². The molecule has 2 saturated heterocycles. The van der Waals surface area contributed by atoms with Gasteiger partial charge in [0.2, 0.25) is 0 Å². The van der Waals surface area contributed by atoms with E-state index in [4.69, 9.17) is 9.84 Å². The molecule has 3 N–H and O–H groups in total. The molecule has 2 heterocycles. The third kappa shape index (κ3) is 1.65. The van der Waals surface area contributed by atoms with Crippen molar-refractivity contribution in [2.45, 2.75) is 12.1 Å². The Morgan fingerprint density at radius 3 is 2.88 bits per heavy atom. The van der Waals surface area contributed by atoms with E-state index in [1.165, 1.54) is 0 Å². The summed E-state index contributed by atoms with van der Waals surface area (Å²) in [5.74, 6) is 0. The quantitative estimate of drug-likeness (QED) is 0.554. The van der Waals surface area contributed by atoms with Gasteiger partial charge in [0, 0.05) is 26.2 Å². The molecule has 0 radical (unpaired) electrons. The number of hydrogen-bond acceptors (Lipinski definition) is 5. The van der Waals surface area contributed by atoms with Gasteiger partial charge in [-0.3, -0.25) is 4.90 Å². The molecule has 2 fully saturated rings. The molecular formula is C10H15N3O4. The molecule has 94 valence electrons. The number of nitriles is 1. The number of ether oxygens (including phenoxy) is 1. The van der Waals surface area contributed by atoms with Gasteiger partial charge in [-0.05, 0) is 6.42 Å². The summed E-state index contributed by atoms with van der Waals surface area (Å²) in [6, 6.07) is 2.05. The molecule has 2 aliphatic rings. The summed E-state index contributed by atoms with van der Waals surface area (Å²) >= 11 is 0. The minimum atomic E-state index is -1.72. The molecule has 0 aromatic carbocycles. The standard InChI is InChI=1S/C10H15N3O4/c11-5-9(1-4-17-7-9)10(16)6-12-2-3-13(10)8(14)15/h12,16H,1-4,6-7H2,(H,14,15). The van der Waals surface area contributed by atoms with Gasteiger partial charge in [-0.1, -0.05) is 0 Å². The van der Waals surface area contributed by atoms with Crippen LogP contribution in [0.15, 0.2) is 0 Å². The summed E-state index contributed by atoms with van der Waals surface area (Å²) in [6.07, 6.45) is -0.874. The Kier molecular flexibility index (Phi) is 2.95. The highest BCUT2D eigenvalue weighted by Crippen LogP contribution is 2.41. The lowest BCUT2D eigenvalue weighted by Crippen LogP contribution is -2.70. The summed E-state index contributed by atoms with van der Waals surface area (Å²) < 4.78 is 5.17. The Hall–Kier alpha value is -1.36. The number of amides is 1. The highest BCUT2D eigenvalue weighted by molar-refractivity contribution is 5.66. The first-order valence-corrected chi connectivity index (χ1v) is 5.48. The fraction of sp³-hybridized carbons (Fsp3) is 0.800. The molecule has 0 aliphatic carbocycles. The maximum Gasteiger partial charge on any atom is 0.409 e. The highest BCUT2D eigenvalue weighted by Gasteiger charge is 2.59. The van der Waals surface area contributed by atoms with Gasteiger partial charge in [0.1, 0.15) is 5.41 Å². The van der Waals surface area contributed by atoms with Crippen molar-refractivity contribution in [3.63, 3.8) is 0 Å². The van der Waals surface area contributed by atoms with Crippen LogP contribution in [0.1, 0.15) is 6.42 Å². The minimum Gasteiger partial charge on any atom is -0.465 e. The number of nitrogens with one attached hydrogen (secondary N) is 1. The summed E-state index contributed by atoms with van der Waals surface area (Å²) in [6.45, 7) is 1.11. The fourth-order valence-electron chi connectivity index (χ4n) is 2.47. The average molecular weight is 241 g/mol. The maximum atomic E-state index is 11.2. The van der Waals surface area contributed by atoms with Crippen LogP contribution in [0.3, 0.4) is 0 Å². The Morgan fingerprint density at radius 1 is 1.59 bits per heavy atom. The van der Waals surface area contributed by atoms with Crippen molar-refractivity contribution in [3.05, 3.63) is 0 Å². The zero-order valence-corrected chi connectivity index (χ0v) is 9.35. The lowest BCUT2D eigenvalue weighted by atomic mass is 9.76. The van der Waals surface area contributed by atoms with Crippen LogP contribution in [0.2, 0.25) is 0 Å². The molecule has 0 aromatic heterocycles. The van der Waals surface area contributed by atoms with E-state index >= 15 is 0 Å². The lowest BCUT2D eigenvalue weighted by Gasteiger charge is -2.48. The van der Waals surface area contributed by atoms with Crippen molar-refractivity contribution in [3.8, 4) is 6.07 Å². The lowest BCUT2D eigenvalue weighted by molar-refractivity contribution is -0.167. The number of nitrogens with zero attached hydrogens (tertiary/aromatic N) is 2. The molecular weight excluding hydrogens is 226 g/mol. The molecule has 0 spiro atoms. The van der Waals surface area contributed by atoms with Crippen LogP contribution in [0.4, 0.5) is 4.79 Å². The van der Waals surface area contributed by atoms with Crippen LogP contribution in [-0.2, 0) is 4.74 Å². The molecule has 2 unspecified atom stereocenters. The van der Waals surface area contributed by atoms with Gasteiger partial charge in [-0.2, -0.15) is 5.26 Å². The van der Waals surface area contributed by atoms with Crippen LogP contribution >= 0.6 is 0 Å². The minimum absolute atomic E-state index is 0.0518. The number of piperazine rings is 1. The zero-order valence-electron chi connectivity index (χ0n) is 9.35. The number of β-amino-alcohol motifs (C(OH)–C–C–N with tert-alkyl or cyclic N) is 1. The molecule has 2 atom stereocenters. The second kappa shape index (κ2) is 4.14. The molecule has 0 bridgehead atoms. The molecule has 0 aromatic rings. The molecule has 1 amide bonds. The molecule has 2 rings (SSSR count). The second-order valence-electron chi connectivity index (χ2n) is 4.42. The van der Waals surface area contributed by atoms with Gasteiger partial charge in [0.05, 0.1) is 12.7 Å². The zero-order chi connectivity index (χ0) is 12.5. The molecule has 17 heavy (non-hydrogen) atoms. The fourth-order valence-corrected chi connectivity index (χ4v) is 2.47. The highest BCUT2D eigenvalue weighted by atomic mass is 16.5. The first kappa shape index (κ1) is 12.1. The van der Waals surface area contributed by atoms with Crippen molar-refractivity contribution >= 4 is 6.09 Å². The second-order valence-corrected chi connectivity index (χ2v) is 4.42. The predicted molar refractivity (Wildman–Crippen MR) is 56.0 cm³/mol. The van der Waals surface area contributed by atoms with Crippen LogP contribution in [0.25, 0.3) is 0 Å². The van der Waals surface area contributed by atoms with E-state index in [0.29, 0.717) is 19.6 Å². The Labute approximate surface area is 98.6 Å². The van der Waals surface area contributed by atoms with Gasteiger partial charge in [0.25, 0.3) is 0 Å². The molecule has 0 saturated carbocycles. The first-order valence-electron chi connectivity index (χ1n) is 5.48. The Morgan fingerprint density at radius 2 is 2.35 bits per heavy atom. The molecule has 2 aliphatic heterocycles. The third-order valence-corrected chi connectivity index (χ3v) is 3.56. The number of rotatable bonds is 1. The van der Waals surface area contributed by atoms with Gasteiger partial charge in [-0.15, -0.1) is 0 Å². The Bertz CT molecular complexity index is 361. The number of aliphatic hydroxyl groups is 1. The van der Waals surface area contributed by atoms with Crippen molar-refractivity contribution in [1.82, 2.24) is 10.2 Å². The SMILES string of the molecule is N#CC1(C2(O)CNCCN2C(=O)O)CCOC1. The van der Waals surface area contributed by atoms with Crippen molar-refractivity contribution < 1.29 is 19.7 Å². The number of carbonyl (C=O) groups is 1. The van der Waals surface area contributed by atoms with Crippen LogP contribution in [0.5, 0.6) is 0 Å². The van der Waals surface area contributed by atoms with Crippen molar-refractivity contribution in [2.24, 2.45) is 5.41 Å². The summed E-state index contributed by atoms with van der Waals surface area (Å²) in [5.41, 5.74) is -2.90. The third-order valence-electron chi connectivity index (χ3n) is 3.56. The summed E-state index contributed by atoms with van der Waals surface area (Å²) in [5, 5.41) is 32.0. The van der Waals surface area contributed by atoms with Crippen molar-refractivity contribution in [1.29, 1.82) is 5.26 Å². The number of carboxylic acid groups (broad SMARTS) is 1. The Balaban J connectivity index is 2.37. The van der Waals surface area contributed by atoms with E-state index < -0.39 is 17.2 Å². The summed E-state index contributed by atoms with van der Waals surface area (Å²) in [4.78, 5) is 12.1. The topological polar surface area (TPSA) is 106 Å². The maximum absolute atomic E-state index is 11.2. The van der Waals surface area contributed by atoms with E-state index in [0.717, 1.165) is 4.90 Å². The molecule has 7 nitrogen and oxygen atoms in total. The van der Waals surface area contributed by atoms with Gasteiger partial charge in [0.15, 0.2) is 5.72 Å². The smallest absolute Gasteiger partial charge is 0.409 e. The number of hydrogen-bond donors (Lipinski definition) is 3. The van der Waals surface area contributed by atoms with Crippen LogP contribution in [0, 0.1) is 16.7 Å². The summed E-state index contributed by atoms with van der Waals surface area (Å²) in [7, 11) is 0. The van der Waals surface area contributed by atoms with E-state index in [2.05, 4.69) is 11.4 Å². The largest absolute Gasteiger partial charge is 0.465 e. The van der Waals surface area contributed by atoms with Gasteiger partial charge < -0.3 is 20.3 Å².